The van der Waals surface area contributed by atoms with E-state index >= 15 is 0 Å². The van der Waals surface area contributed by atoms with E-state index in [0.717, 1.165) is 43.9 Å². The number of morpholine rings is 1. The highest BCUT2D eigenvalue weighted by atomic mass is 79.9. The number of nitrogens with one attached hydrogen (secondary N) is 2. The van der Waals surface area contributed by atoms with Crippen LogP contribution in [0.25, 0.3) is 0 Å². The van der Waals surface area contributed by atoms with Crippen LogP contribution in [0.2, 0.25) is 0 Å². The van der Waals surface area contributed by atoms with Crippen molar-refractivity contribution < 1.29 is 13.2 Å². The Hall–Kier alpha value is -1.16. The molecule has 25 heavy (non-hydrogen) atoms. The molecule has 1 aromatic carbocycles. The SMILES string of the molecule is CN=C(NCCN1CCOCC1)NCCS(=O)(=O)c1ccc(Br)cc1. The van der Waals surface area contributed by atoms with Gasteiger partial charge in [-0.15, -0.1) is 0 Å². The van der Waals surface area contributed by atoms with Gasteiger partial charge in [0.15, 0.2) is 15.8 Å². The summed E-state index contributed by atoms with van der Waals surface area (Å²) in [6.07, 6.45) is 0. The third-order valence-corrected chi connectivity index (χ3v) is 6.14. The van der Waals surface area contributed by atoms with Crippen molar-refractivity contribution in [2.24, 2.45) is 4.99 Å². The highest BCUT2D eigenvalue weighted by Crippen LogP contribution is 2.15. The lowest BCUT2D eigenvalue weighted by Crippen LogP contribution is -2.45. The zero-order chi connectivity index (χ0) is 18.1. The second kappa shape index (κ2) is 10.1. The van der Waals surface area contributed by atoms with Crippen LogP contribution in [-0.2, 0) is 14.6 Å². The molecule has 0 atom stereocenters. The summed E-state index contributed by atoms with van der Waals surface area (Å²) in [4.78, 5) is 6.77. The number of nitrogens with zero attached hydrogens (tertiary/aromatic N) is 2. The van der Waals surface area contributed by atoms with Crippen molar-refractivity contribution in [3.8, 4) is 0 Å². The van der Waals surface area contributed by atoms with Crippen LogP contribution < -0.4 is 10.6 Å². The summed E-state index contributed by atoms with van der Waals surface area (Å²) in [5, 5.41) is 6.26. The number of hydrogen-bond donors (Lipinski definition) is 2. The maximum atomic E-state index is 12.3. The predicted molar refractivity (Wildman–Crippen MR) is 103 cm³/mol. The Morgan fingerprint density at radius 1 is 1.20 bits per heavy atom. The summed E-state index contributed by atoms with van der Waals surface area (Å²) in [6, 6.07) is 6.67. The lowest BCUT2D eigenvalue weighted by Gasteiger charge is -2.26. The summed E-state index contributed by atoms with van der Waals surface area (Å²) in [6.45, 7) is 5.40. The van der Waals surface area contributed by atoms with Crippen LogP contribution in [0.1, 0.15) is 0 Å². The Morgan fingerprint density at radius 3 is 2.48 bits per heavy atom. The van der Waals surface area contributed by atoms with Crippen molar-refractivity contribution in [1.82, 2.24) is 15.5 Å². The number of rotatable bonds is 7. The van der Waals surface area contributed by atoms with Gasteiger partial charge in [-0.1, -0.05) is 15.9 Å². The van der Waals surface area contributed by atoms with Gasteiger partial charge in [0.2, 0.25) is 0 Å². The van der Waals surface area contributed by atoms with E-state index < -0.39 is 9.84 Å². The fraction of sp³-hybridized carbons (Fsp3) is 0.562. The van der Waals surface area contributed by atoms with Crippen LogP contribution in [0, 0.1) is 0 Å². The molecule has 140 valence electrons. The van der Waals surface area contributed by atoms with Gasteiger partial charge in [0, 0.05) is 44.2 Å². The summed E-state index contributed by atoms with van der Waals surface area (Å²) >= 11 is 3.30. The van der Waals surface area contributed by atoms with Gasteiger partial charge >= 0.3 is 0 Å². The van der Waals surface area contributed by atoms with E-state index in [1.54, 1.807) is 31.3 Å². The lowest BCUT2D eigenvalue weighted by molar-refractivity contribution is 0.0389. The van der Waals surface area contributed by atoms with Gasteiger partial charge < -0.3 is 15.4 Å². The number of benzene rings is 1. The molecular weight excluding hydrogens is 408 g/mol. The van der Waals surface area contributed by atoms with E-state index in [0.29, 0.717) is 17.4 Å². The second-order valence-electron chi connectivity index (χ2n) is 5.65. The zero-order valence-corrected chi connectivity index (χ0v) is 16.8. The van der Waals surface area contributed by atoms with Crippen molar-refractivity contribution >= 4 is 31.7 Å². The summed E-state index contributed by atoms with van der Waals surface area (Å²) < 4.78 is 30.8. The molecule has 0 saturated carbocycles. The molecule has 0 bridgehead atoms. The second-order valence-corrected chi connectivity index (χ2v) is 8.68. The average molecular weight is 433 g/mol. The predicted octanol–water partition coefficient (Wildman–Crippen LogP) is 0.720. The van der Waals surface area contributed by atoms with E-state index in [1.807, 2.05) is 0 Å². The third-order valence-electron chi connectivity index (χ3n) is 3.88. The van der Waals surface area contributed by atoms with Crippen molar-refractivity contribution in [3.63, 3.8) is 0 Å². The van der Waals surface area contributed by atoms with Crippen LogP contribution in [-0.4, -0.2) is 78.0 Å². The molecule has 1 aromatic rings. The Morgan fingerprint density at radius 2 is 1.84 bits per heavy atom. The standard InChI is InChI=1S/C16H25BrN4O3S/c1-18-16(19-6-8-21-9-11-24-12-10-21)20-7-13-25(22,23)15-4-2-14(17)3-5-15/h2-5H,6-13H2,1H3,(H2,18,19,20). The summed E-state index contributed by atoms with van der Waals surface area (Å²) in [7, 11) is -1.63. The number of guanidine groups is 1. The van der Waals surface area contributed by atoms with Crippen LogP contribution in [0.3, 0.4) is 0 Å². The number of ether oxygens (including phenoxy) is 1. The van der Waals surface area contributed by atoms with Crippen LogP contribution in [0.5, 0.6) is 0 Å². The molecule has 2 N–H and O–H groups in total. The van der Waals surface area contributed by atoms with Gasteiger partial charge in [-0.25, -0.2) is 8.42 Å². The minimum absolute atomic E-state index is 0.0127. The van der Waals surface area contributed by atoms with Gasteiger partial charge in [0.25, 0.3) is 0 Å². The van der Waals surface area contributed by atoms with E-state index in [2.05, 4.69) is 36.5 Å². The largest absolute Gasteiger partial charge is 0.379 e. The maximum absolute atomic E-state index is 12.3. The number of halogens is 1. The molecule has 9 heteroatoms. The van der Waals surface area contributed by atoms with E-state index in [1.165, 1.54) is 0 Å². The third kappa shape index (κ3) is 6.93. The minimum atomic E-state index is -3.31. The summed E-state index contributed by atoms with van der Waals surface area (Å²) in [5.41, 5.74) is 0. The highest BCUT2D eigenvalue weighted by Gasteiger charge is 2.14. The molecule has 0 spiro atoms. The maximum Gasteiger partial charge on any atom is 0.191 e. The van der Waals surface area contributed by atoms with Crippen LogP contribution in [0.15, 0.2) is 38.6 Å². The van der Waals surface area contributed by atoms with Gasteiger partial charge in [-0.3, -0.25) is 9.89 Å². The molecule has 1 saturated heterocycles. The first-order valence-electron chi connectivity index (χ1n) is 8.24. The number of sulfone groups is 1. The smallest absolute Gasteiger partial charge is 0.191 e. The average Bonchev–Trinajstić information content (AvgIpc) is 2.61. The molecule has 2 rings (SSSR count). The number of aliphatic imine (C=N–C) groups is 1. The first kappa shape index (κ1) is 20.2. The first-order valence-corrected chi connectivity index (χ1v) is 10.7. The fourth-order valence-corrected chi connectivity index (χ4v) is 3.86. The first-order chi connectivity index (χ1) is 12.0. The van der Waals surface area contributed by atoms with E-state index in [4.69, 9.17) is 4.74 Å². The van der Waals surface area contributed by atoms with Crippen molar-refractivity contribution in [1.29, 1.82) is 0 Å². The Balaban J connectivity index is 1.72. The highest BCUT2D eigenvalue weighted by molar-refractivity contribution is 9.10. The molecule has 0 radical (unpaired) electrons. The molecule has 7 nitrogen and oxygen atoms in total. The quantitative estimate of drug-likeness (QED) is 0.487. The van der Waals surface area contributed by atoms with Crippen LogP contribution >= 0.6 is 15.9 Å². The molecule has 0 amide bonds. The topological polar surface area (TPSA) is 83.0 Å². The van der Waals surface area contributed by atoms with Crippen molar-refractivity contribution in [2.75, 3.05) is 58.7 Å². The van der Waals surface area contributed by atoms with E-state index in [9.17, 15) is 8.42 Å². The lowest BCUT2D eigenvalue weighted by atomic mass is 10.4. The minimum Gasteiger partial charge on any atom is -0.379 e. The van der Waals surface area contributed by atoms with Crippen LogP contribution in [0.4, 0.5) is 0 Å². The van der Waals surface area contributed by atoms with Gasteiger partial charge in [-0.05, 0) is 24.3 Å². The van der Waals surface area contributed by atoms with Gasteiger partial charge in [-0.2, -0.15) is 0 Å². The van der Waals surface area contributed by atoms with Gasteiger partial charge in [0.05, 0.1) is 23.9 Å². The molecule has 1 aliphatic heterocycles. The normalized spacial score (nSPS) is 16.6. The monoisotopic (exact) mass is 432 g/mol. The molecule has 0 aliphatic carbocycles. The van der Waals surface area contributed by atoms with Gasteiger partial charge in [0.1, 0.15) is 0 Å². The Kier molecular flexibility index (Phi) is 8.14. The Labute approximate surface area is 157 Å². The molecular formula is C16H25BrN4O3S. The number of hydrogen-bond acceptors (Lipinski definition) is 5. The zero-order valence-electron chi connectivity index (χ0n) is 14.4. The van der Waals surface area contributed by atoms with Crippen molar-refractivity contribution in [2.45, 2.75) is 4.90 Å². The molecule has 1 heterocycles. The van der Waals surface area contributed by atoms with E-state index in [-0.39, 0.29) is 5.75 Å². The Bertz CT molecular complexity index is 658. The molecule has 0 aromatic heterocycles. The summed E-state index contributed by atoms with van der Waals surface area (Å²) in [5.74, 6) is 0.623. The molecule has 0 unspecified atom stereocenters. The fourth-order valence-electron chi connectivity index (χ4n) is 2.44. The van der Waals surface area contributed by atoms with Crippen molar-refractivity contribution in [3.05, 3.63) is 28.7 Å². The molecule has 1 aliphatic rings. The molecule has 1 fully saturated rings.